The standard InChI is InChI=1S/C18H18BrN3O2S/c1-10-3-4-13-14(7-20)17(25-15(13)5-10)21-16(23)9-22-8-12(19)6-11(2)18(22)24/h6,8,10H,3-5,9H2,1-2H3,(H,21,23). The zero-order chi connectivity index (χ0) is 18.1. The number of hydrogen-bond acceptors (Lipinski definition) is 4. The maximum Gasteiger partial charge on any atom is 0.253 e. The smallest absolute Gasteiger partial charge is 0.253 e. The van der Waals surface area contributed by atoms with Gasteiger partial charge in [-0.15, -0.1) is 11.3 Å². The molecule has 1 amide bonds. The summed E-state index contributed by atoms with van der Waals surface area (Å²) in [5.41, 5.74) is 2.04. The van der Waals surface area contributed by atoms with E-state index in [1.165, 1.54) is 20.8 Å². The number of hydrogen-bond donors (Lipinski definition) is 1. The minimum Gasteiger partial charge on any atom is -0.315 e. The van der Waals surface area contributed by atoms with Crippen LogP contribution in [-0.2, 0) is 24.2 Å². The van der Waals surface area contributed by atoms with Gasteiger partial charge in [0, 0.05) is 21.1 Å². The Morgan fingerprint density at radius 2 is 2.32 bits per heavy atom. The molecular weight excluding hydrogens is 402 g/mol. The van der Waals surface area contributed by atoms with E-state index in [0.717, 1.165) is 29.3 Å². The average Bonchev–Trinajstić information content (AvgIpc) is 2.87. The van der Waals surface area contributed by atoms with E-state index in [-0.39, 0.29) is 18.0 Å². The van der Waals surface area contributed by atoms with E-state index in [4.69, 9.17) is 0 Å². The molecule has 1 atom stereocenters. The van der Waals surface area contributed by atoms with E-state index in [2.05, 4.69) is 34.2 Å². The number of anilines is 1. The van der Waals surface area contributed by atoms with Gasteiger partial charge in [-0.05, 0) is 59.7 Å². The lowest BCUT2D eigenvalue weighted by molar-refractivity contribution is -0.116. The van der Waals surface area contributed by atoms with Crippen molar-refractivity contribution in [3.8, 4) is 6.07 Å². The number of thiophene rings is 1. The van der Waals surface area contributed by atoms with Crippen molar-refractivity contribution in [1.29, 1.82) is 5.26 Å². The second kappa shape index (κ2) is 7.14. The van der Waals surface area contributed by atoms with Gasteiger partial charge in [0.1, 0.15) is 17.6 Å². The fourth-order valence-electron chi connectivity index (χ4n) is 3.14. The molecule has 130 valence electrons. The Bertz CT molecular complexity index is 939. The minimum atomic E-state index is -0.303. The number of nitrogens with zero attached hydrogens (tertiary/aromatic N) is 2. The van der Waals surface area contributed by atoms with Crippen LogP contribution in [0.5, 0.6) is 0 Å². The number of nitriles is 1. The predicted octanol–water partition coefficient (Wildman–Crippen LogP) is 3.62. The van der Waals surface area contributed by atoms with E-state index in [1.807, 2.05) is 0 Å². The van der Waals surface area contributed by atoms with Crippen LogP contribution in [0.15, 0.2) is 21.5 Å². The van der Waals surface area contributed by atoms with Gasteiger partial charge >= 0.3 is 0 Å². The first kappa shape index (κ1) is 17.9. The molecule has 2 aromatic heterocycles. The van der Waals surface area contributed by atoms with Gasteiger partial charge in [-0.2, -0.15) is 5.26 Å². The zero-order valence-electron chi connectivity index (χ0n) is 14.1. The predicted molar refractivity (Wildman–Crippen MR) is 102 cm³/mol. The first-order chi connectivity index (χ1) is 11.9. The van der Waals surface area contributed by atoms with Crippen LogP contribution in [0.25, 0.3) is 0 Å². The summed E-state index contributed by atoms with van der Waals surface area (Å²) in [6, 6.07) is 3.96. The third kappa shape index (κ3) is 3.70. The number of aryl methyl sites for hydroxylation is 1. The molecule has 0 saturated heterocycles. The van der Waals surface area contributed by atoms with Crippen LogP contribution in [0.3, 0.4) is 0 Å². The number of aromatic nitrogens is 1. The van der Waals surface area contributed by atoms with Crippen molar-refractivity contribution in [2.75, 3.05) is 5.32 Å². The third-order valence-corrected chi connectivity index (χ3v) is 6.03. The number of carbonyl (C=O) groups excluding carboxylic acids is 1. The van der Waals surface area contributed by atoms with Gasteiger partial charge in [-0.3, -0.25) is 9.59 Å². The van der Waals surface area contributed by atoms with Crippen molar-refractivity contribution in [1.82, 2.24) is 4.57 Å². The van der Waals surface area contributed by atoms with Crippen LogP contribution in [0.4, 0.5) is 5.00 Å². The Morgan fingerprint density at radius 1 is 1.56 bits per heavy atom. The van der Waals surface area contributed by atoms with Gasteiger partial charge < -0.3 is 9.88 Å². The van der Waals surface area contributed by atoms with Crippen molar-refractivity contribution in [3.63, 3.8) is 0 Å². The highest BCUT2D eigenvalue weighted by molar-refractivity contribution is 9.10. The maximum atomic E-state index is 12.4. The molecule has 0 bridgehead atoms. The van der Waals surface area contributed by atoms with Gasteiger partial charge in [-0.1, -0.05) is 6.92 Å². The summed E-state index contributed by atoms with van der Waals surface area (Å²) in [5, 5.41) is 12.9. The van der Waals surface area contributed by atoms with E-state index >= 15 is 0 Å². The summed E-state index contributed by atoms with van der Waals surface area (Å²) in [5.74, 6) is 0.298. The summed E-state index contributed by atoms with van der Waals surface area (Å²) >= 11 is 4.83. The molecule has 5 nitrogen and oxygen atoms in total. The molecule has 1 unspecified atom stereocenters. The van der Waals surface area contributed by atoms with Crippen LogP contribution in [0.1, 0.15) is 34.9 Å². The molecule has 7 heteroatoms. The Kier molecular flexibility index (Phi) is 5.11. The first-order valence-corrected chi connectivity index (χ1v) is 9.71. The summed E-state index contributed by atoms with van der Waals surface area (Å²) < 4.78 is 2.12. The normalized spacial score (nSPS) is 16.2. The molecule has 2 aromatic rings. The molecule has 3 rings (SSSR count). The van der Waals surface area contributed by atoms with Crippen LogP contribution < -0.4 is 10.9 Å². The van der Waals surface area contributed by atoms with Gasteiger partial charge in [0.25, 0.3) is 5.56 Å². The molecule has 0 aromatic carbocycles. The van der Waals surface area contributed by atoms with Crippen LogP contribution in [0.2, 0.25) is 0 Å². The maximum absolute atomic E-state index is 12.4. The molecule has 25 heavy (non-hydrogen) atoms. The van der Waals surface area contributed by atoms with Crippen molar-refractivity contribution in [3.05, 3.63) is 48.7 Å². The highest BCUT2D eigenvalue weighted by atomic mass is 79.9. The lowest BCUT2D eigenvalue weighted by atomic mass is 9.89. The third-order valence-electron chi connectivity index (χ3n) is 4.42. The van der Waals surface area contributed by atoms with E-state index in [1.54, 1.807) is 19.2 Å². The monoisotopic (exact) mass is 419 g/mol. The summed E-state index contributed by atoms with van der Waals surface area (Å²) in [4.78, 5) is 25.7. The Hall–Kier alpha value is -1.91. The summed E-state index contributed by atoms with van der Waals surface area (Å²) in [6.45, 7) is 3.84. The highest BCUT2D eigenvalue weighted by Crippen LogP contribution is 2.39. The molecule has 2 heterocycles. The minimum absolute atomic E-state index is 0.0804. The Balaban J connectivity index is 1.83. The van der Waals surface area contributed by atoms with Gasteiger partial charge in [0.05, 0.1) is 5.56 Å². The summed E-state index contributed by atoms with van der Waals surface area (Å²) in [7, 11) is 0. The molecule has 0 aliphatic heterocycles. The van der Waals surface area contributed by atoms with Crippen molar-refractivity contribution in [2.45, 2.75) is 39.7 Å². The number of rotatable bonds is 3. The van der Waals surface area contributed by atoms with Crippen LogP contribution >= 0.6 is 27.3 Å². The quantitative estimate of drug-likeness (QED) is 0.824. The number of carbonyl (C=O) groups is 1. The number of amides is 1. The Morgan fingerprint density at radius 3 is 3.04 bits per heavy atom. The van der Waals surface area contributed by atoms with Crippen molar-refractivity contribution in [2.24, 2.45) is 5.92 Å². The fraction of sp³-hybridized carbons (Fsp3) is 0.389. The first-order valence-electron chi connectivity index (χ1n) is 8.10. The lowest BCUT2D eigenvalue weighted by Gasteiger charge is -2.17. The van der Waals surface area contributed by atoms with E-state index in [0.29, 0.717) is 22.0 Å². The van der Waals surface area contributed by atoms with Crippen LogP contribution in [0, 0.1) is 24.2 Å². The fourth-order valence-corrected chi connectivity index (χ4v) is 5.10. The van der Waals surface area contributed by atoms with Crippen molar-refractivity contribution >= 4 is 38.2 Å². The summed E-state index contributed by atoms with van der Waals surface area (Å²) in [6.07, 6.45) is 4.50. The molecule has 0 saturated carbocycles. The average molecular weight is 420 g/mol. The van der Waals surface area contributed by atoms with Crippen LogP contribution in [-0.4, -0.2) is 10.5 Å². The molecule has 0 radical (unpaired) electrons. The molecule has 0 fully saturated rings. The number of nitrogens with one attached hydrogen (secondary N) is 1. The zero-order valence-corrected chi connectivity index (χ0v) is 16.5. The number of pyridine rings is 1. The number of fused-ring (bicyclic) bond motifs is 1. The van der Waals surface area contributed by atoms with Crippen molar-refractivity contribution < 1.29 is 4.79 Å². The van der Waals surface area contributed by atoms with Gasteiger partial charge in [-0.25, -0.2) is 0 Å². The largest absolute Gasteiger partial charge is 0.315 e. The topological polar surface area (TPSA) is 74.9 Å². The SMILES string of the molecule is Cc1cc(Br)cn(CC(=O)Nc2sc3c(c2C#N)CCC(C)C3)c1=O. The molecular formula is C18H18BrN3O2S. The van der Waals surface area contributed by atoms with Gasteiger partial charge in [0.2, 0.25) is 5.91 Å². The molecule has 0 spiro atoms. The molecule has 1 aliphatic rings. The van der Waals surface area contributed by atoms with Gasteiger partial charge in [0.15, 0.2) is 0 Å². The molecule has 1 aliphatic carbocycles. The van der Waals surface area contributed by atoms with E-state index < -0.39 is 0 Å². The lowest BCUT2D eigenvalue weighted by Crippen LogP contribution is -2.28. The Labute approximate surface area is 158 Å². The second-order valence-corrected chi connectivity index (χ2v) is 8.51. The number of halogens is 1. The van der Waals surface area contributed by atoms with E-state index in [9.17, 15) is 14.9 Å². The molecule has 1 N–H and O–H groups in total. The highest BCUT2D eigenvalue weighted by Gasteiger charge is 2.24. The second-order valence-electron chi connectivity index (χ2n) is 6.49.